The van der Waals surface area contributed by atoms with E-state index in [1.807, 2.05) is 55.4 Å². The van der Waals surface area contributed by atoms with Crippen molar-refractivity contribution in [1.29, 1.82) is 0 Å². The van der Waals surface area contributed by atoms with E-state index in [9.17, 15) is 9.59 Å². The molecule has 1 fully saturated rings. The van der Waals surface area contributed by atoms with Crippen molar-refractivity contribution in [2.24, 2.45) is 0 Å². The highest BCUT2D eigenvalue weighted by atomic mass is 35.5. The number of amides is 2. The average molecular weight is 604 g/mol. The van der Waals surface area contributed by atoms with Crippen LogP contribution in [-0.4, -0.2) is 64.0 Å². The van der Waals surface area contributed by atoms with Crippen molar-refractivity contribution >= 4 is 64.1 Å². The highest BCUT2D eigenvalue weighted by Crippen LogP contribution is 2.35. The van der Waals surface area contributed by atoms with Gasteiger partial charge in [-0.25, -0.2) is 0 Å². The van der Waals surface area contributed by atoms with Crippen LogP contribution < -0.4 is 15.1 Å². The molecular weight excluding hydrogens is 567 g/mol. The molecule has 3 aromatic rings. The zero-order valence-electron chi connectivity index (χ0n) is 22.5. The molecule has 1 aliphatic heterocycles. The van der Waals surface area contributed by atoms with Crippen molar-refractivity contribution in [2.75, 3.05) is 57.1 Å². The summed E-state index contributed by atoms with van der Waals surface area (Å²) in [5.74, 6) is -0.167. The number of rotatable bonds is 5. The number of piperazine rings is 1. The van der Waals surface area contributed by atoms with Crippen LogP contribution in [0.15, 0.2) is 66.7 Å². The summed E-state index contributed by atoms with van der Waals surface area (Å²) < 4.78 is 0. The van der Waals surface area contributed by atoms with E-state index in [2.05, 4.69) is 16.3 Å². The maximum absolute atomic E-state index is 13.0. The second-order valence-electron chi connectivity index (χ2n) is 9.05. The quantitative estimate of drug-likeness (QED) is 0.315. The number of hydrogen-bond donors (Lipinski definition) is 1. The topological polar surface area (TPSA) is 55.9 Å². The van der Waals surface area contributed by atoms with Crippen LogP contribution in [-0.2, 0) is 9.59 Å². The van der Waals surface area contributed by atoms with E-state index in [0.717, 1.165) is 35.5 Å². The van der Waals surface area contributed by atoms with E-state index in [-0.39, 0.29) is 19.2 Å². The molecule has 0 atom stereocenters. The van der Waals surface area contributed by atoms with Crippen molar-refractivity contribution in [3.05, 3.63) is 87.4 Å². The summed E-state index contributed by atoms with van der Waals surface area (Å²) in [5, 5.41) is 4.17. The lowest BCUT2D eigenvalue weighted by Gasteiger charge is -2.36. The van der Waals surface area contributed by atoms with Gasteiger partial charge in [-0.05, 0) is 61.6 Å². The van der Waals surface area contributed by atoms with Gasteiger partial charge in [0.2, 0.25) is 5.91 Å². The number of benzene rings is 3. The Hall–Kier alpha value is -3.03. The summed E-state index contributed by atoms with van der Waals surface area (Å²) in [4.78, 5) is 30.2. The first-order valence-corrected chi connectivity index (χ1v) is 13.7. The van der Waals surface area contributed by atoms with Gasteiger partial charge in [-0.2, -0.15) is 0 Å². The van der Waals surface area contributed by atoms with E-state index in [4.69, 9.17) is 34.8 Å². The average Bonchev–Trinajstić information content (AvgIpc) is 2.92. The monoisotopic (exact) mass is 602 g/mol. The minimum absolute atomic E-state index is 0. The fourth-order valence-corrected chi connectivity index (χ4v) is 5.16. The maximum Gasteiger partial charge on any atom is 0.250 e. The molecule has 0 spiro atoms. The third-order valence-corrected chi connectivity index (χ3v) is 7.24. The SMILES string of the molecule is C.CC(=O)N1CCN(c2ccc(/C=C\C(=O)N(C)c3c(Cl)cccc3Cl)c(-c3ccccc3Cl)c2)CC1.CNC. The van der Waals surface area contributed by atoms with Gasteiger partial charge in [0, 0.05) is 62.5 Å². The number of nitrogens with one attached hydrogen (secondary N) is 1. The first-order chi connectivity index (χ1) is 18.7. The Morgan fingerprint density at radius 3 is 2.00 bits per heavy atom. The third-order valence-electron chi connectivity index (χ3n) is 6.30. The molecule has 0 saturated carbocycles. The van der Waals surface area contributed by atoms with Gasteiger partial charge < -0.3 is 20.0 Å². The zero-order chi connectivity index (χ0) is 28.5. The van der Waals surface area contributed by atoms with Gasteiger partial charge in [-0.15, -0.1) is 0 Å². The van der Waals surface area contributed by atoms with Crippen LogP contribution in [0.1, 0.15) is 19.9 Å². The van der Waals surface area contributed by atoms with Crippen LogP contribution in [0.25, 0.3) is 17.2 Å². The second-order valence-corrected chi connectivity index (χ2v) is 10.3. The lowest BCUT2D eigenvalue weighted by molar-refractivity contribution is -0.129. The van der Waals surface area contributed by atoms with Gasteiger partial charge in [0.1, 0.15) is 0 Å². The Labute approximate surface area is 253 Å². The first-order valence-electron chi connectivity index (χ1n) is 12.6. The van der Waals surface area contributed by atoms with Crippen LogP contribution in [0.5, 0.6) is 0 Å². The molecule has 2 amide bonds. The van der Waals surface area contributed by atoms with Gasteiger partial charge >= 0.3 is 0 Å². The largest absolute Gasteiger partial charge is 0.368 e. The molecule has 1 saturated heterocycles. The molecule has 40 heavy (non-hydrogen) atoms. The van der Waals surface area contributed by atoms with Gasteiger partial charge in [-0.1, -0.05) is 72.6 Å². The Bertz CT molecular complexity index is 1320. The number of carbonyl (C=O) groups excluding carboxylic acids is 2. The van der Waals surface area contributed by atoms with Crippen LogP contribution in [0.3, 0.4) is 0 Å². The molecule has 1 heterocycles. The smallest absolute Gasteiger partial charge is 0.250 e. The molecule has 3 aromatic carbocycles. The molecule has 214 valence electrons. The van der Waals surface area contributed by atoms with Crippen molar-refractivity contribution in [2.45, 2.75) is 14.4 Å². The molecule has 6 nitrogen and oxygen atoms in total. The number of likely N-dealkylation sites (N-methyl/N-ethyl adjacent to an activating group) is 1. The molecule has 9 heteroatoms. The molecule has 0 aliphatic carbocycles. The van der Waals surface area contributed by atoms with E-state index < -0.39 is 0 Å². The van der Waals surface area contributed by atoms with Crippen molar-refractivity contribution in [3.63, 3.8) is 0 Å². The summed E-state index contributed by atoms with van der Waals surface area (Å²) in [6.45, 7) is 4.47. The summed E-state index contributed by atoms with van der Waals surface area (Å²) >= 11 is 19.1. The lowest BCUT2D eigenvalue weighted by atomic mass is 9.97. The number of anilines is 2. The van der Waals surface area contributed by atoms with E-state index in [0.29, 0.717) is 33.8 Å². The summed E-state index contributed by atoms with van der Waals surface area (Å²) in [6, 6.07) is 18.9. The Balaban J connectivity index is 0.00000134. The van der Waals surface area contributed by atoms with Crippen molar-refractivity contribution in [1.82, 2.24) is 10.2 Å². The molecule has 0 aromatic heterocycles. The third kappa shape index (κ3) is 8.24. The highest BCUT2D eigenvalue weighted by Gasteiger charge is 2.20. The maximum atomic E-state index is 13.0. The molecule has 0 radical (unpaired) electrons. The number of para-hydroxylation sites is 1. The molecular formula is C31H37Cl3N4O2. The number of nitrogens with zero attached hydrogens (tertiary/aromatic N) is 3. The van der Waals surface area contributed by atoms with Gasteiger partial charge in [-0.3, -0.25) is 9.59 Å². The predicted octanol–water partition coefficient (Wildman–Crippen LogP) is 7.13. The lowest BCUT2D eigenvalue weighted by Crippen LogP contribution is -2.48. The minimum atomic E-state index is -0.264. The van der Waals surface area contributed by atoms with E-state index in [1.165, 1.54) is 11.0 Å². The van der Waals surface area contributed by atoms with E-state index >= 15 is 0 Å². The Morgan fingerprint density at radius 1 is 0.850 bits per heavy atom. The minimum Gasteiger partial charge on any atom is -0.368 e. The Morgan fingerprint density at radius 2 is 1.43 bits per heavy atom. The Kier molecular flexibility index (Phi) is 13.0. The number of halogens is 3. The van der Waals surface area contributed by atoms with Gasteiger partial charge in [0.05, 0.1) is 15.7 Å². The van der Waals surface area contributed by atoms with E-state index in [1.54, 1.807) is 38.2 Å². The van der Waals surface area contributed by atoms with Crippen molar-refractivity contribution in [3.8, 4) is 11.1 Å². The van der Waals surface area contributed by atoms with Crippen LogP contribution in [0, 0.1) is 0 Å². The summed E-state index contributed by atoms with van der Waals surface area (Å²) in [6.07, 6.45) is 3.28. The fourth-order valence-electron chi connectivity index (χ4n) is 4.27. The highest BCUT2D eigenvalue weighted by molar-refractivity contribution is 6.40. The summed E-state index contributed by atoms with van der Waals surface area (Å²) in [5.41, 5.74) is 4.13. The van der Waals surface area contributed by atoms with Crippen LogP contribution in [0.4, 0.5) is 11.4 Å². The van der Waals surface area contributed by atoms with Crippen molar-refractivity contribution < 1.29 is 9.59 Å². The number of carbonyl (C=O) groups is 2. The molecule has 1 N–H and O–H groups in total. The zero-order valence-corrected chi connectivity index (χ0v) is 24.8. The summed E-state index contributed by atoms with van der Waals surface area (Å²) in [7, 11) is 5.39. The van der Waals surface area contributed by atoms with Gasteiger partial charge in [0.15, 0.2) is 0 Å². The van der Waals surface area contributed by atoms with Gasteiger partial charge in [0.25, 0.3) is 5.91 Å². The molecule has 4 rings (SSSR count). The molecule has 0 unspecified atom stereocenters. The molecule has 1 aliphatic rings. The van der Waals surface area contributed by atoms with Crippen LogP contribution in [0.2, 0.25) is 15.1 Å². The molecule has 0 bridgehead atoms. The normalized spacial score (nSPS) is 12.9. The second kappa shape index (κ2) is 15.7. The number of hydrogen-bond acceptors (Lipinski definition) is 4. The van der Waals surface area contributed by atoms with Crippen LogP contribution >= 0.6 is 34.8 Å². The predicted molar refractivity (Wildman–Crippen MR) is 172 cm³/mol. The standard InChI is InChI=1S/C28H26Cl3N3O2.C2H7N.CH4/c1-19(35)33-14-16-34(17-15-33)21-12-10-20(23(18-21)22-6-3-4-7-24(22)29)11-13-27(36)32(2)28-25(30)8-5-9-26(28)31;1-3-2;/h3-13,18H,14-17H2,1-2H3;3H,1-2H3;1H4/b13-11-;;. The fraction of sp³-hybridized carbons (Fsp3) is 0.290. The first kappa shape index (κ1) is 33.2.